The summed E-state index contributed by atoms with van der Waals surface area (Å²) in [5.41, 5.74) is 0.179. The fourth-order valence-corrected chi connectivity index (χ4v) is 5.19. The lowest BCUT2D eigenvalue weighted by Gasteiger charge is -2.29. The summed E-state index contributed by atoms with van der Waals surface area (Å²) in [6.45, 7) is 3.54. The highest BCUT2D eigenvalue weighted by Gasteiger charge is 2.56. The van der Waals surface area contributed by atoms with E-state index in [9.17, 15) is 37.6 Å². The van der Waals surface area contributed by atoms with Crippen molar-refractivity contribution < 1.29 is 32.3 Å². The molecule has 12 heteroatoms. The molecule has 3 aliphatic rings. The number of rotatable bonds is 7. The Morgan fingerprint density at radius 2 is 1.89 bits per heavy atom. The van der Waals surface area contributed by atoms with Gasteiger partial charge in [0, 0.05) is 18.7 Å². The van der Waals surface area contributed by atoms with E-state index in [4.69, 9.17) is 0 Å². The van der Waals surface area contributed by atoms with Crippen molar-refractivity contribution in [1.82, 2.24) is 15.5 Å². The number of benzene rings is 1. The number of anilines is 1. The van der Waals surface area contributed by atoms with Gasteiger partial charge < -0.3 is 20.9 Å². The number of fused-ring (bicyclic) bond motifs is 2. The molecule has 37 heavy (non-hydrogen) atoms. The second-order valence-corrected chi connectivity index (χ2v) is 10.4. The molecule has 2 heterocycles. The fourth-order valence-electron chi connectivity index (χ4n) is 5.19. The van der Waals surface area contributed by atoms with E-state index in [0.29, 0.717) is 24.1 Å². The minimum atomic E-state index is -5.15. The smallest absolute Gasteiger partial charge is 0.342 e. The Balaban J connectivity index is 1.56. The summed E-state index contributed by atoms with van der Waals surface area (Å²) in [6, 6.07) is 5.60. The number of alkyl halides is 3. The van der Waals surface area contributed by atoms with Gasteiger partial charge in [-0.1, -0.05) is 32.0 Å². The SMILES string of the molecule is CC(C)C[C@H](NC(=O)[C@@H](NC(=O)C(F)(F)F)C1CC1)C(=O)N1C[C@]2(C[C@H]1C#N)C(=O)Nc1ccccc12. The third-order valence-corrected chi connectivity index (χ3v) is 7.16. The van der Waals surface area contributed by atoms with E-state index >= 15 is 0 Å². The molecule has 1 saturated heterocycles. The number of nitrogens with one attached hydrogen (secondary N) is 3. The third kappa shape index (κ3) is 5.12. The number of halogens is 3. The topological polar surface area (TPSA) is 131 Å². The molecule has 0 unspecified atom stereocenters. The van der Waals surface area contributed by atoms with Crippen LogP contribution in [0.4, 0.5) is 18.9 Å². The van der Waals surface area contributed by atoms with Crippen molar-refractivity contribution in [2.75, 3.05) is 11.9 Å². The van der Waals surface area contributed by atoms with Crippen molar-refractivity contribution >= 4 is 29.3 Å². The van der Waals surface area contributed by atoms with Crippen LogP contribution in [0.5, 0.6) is 0 Å². The van der Waals surface area contributed by atoms with Crippen LogP contribution in [0, 0.1) is 23.2 Å². The zero-order chi connectivity index (χ0) is 27.1. The molecule has 2 aliphatic heterocycles. The van der Waals surface area contributed by atoms with Crippen LogP contribution in [0.2, 0.25) is 0 Å². The predicted octanol–water partition coefficient (Wildman–Crippen LogP) is 1.99. The van der Waals surface area contributed by atoms with E-state index in [-0.39, 0.29) is 31.2 Å². The summed E-state index contributed by atoms with van der Waals surface area (Å²) < 4.78 is 38.5. The zero-order valence-electron chi connectivity index (χ0n) is 20.4. The highest BCUT2D eigenvalue weighted by molar-refractivity contribution is 6.07. The molecule has 0 radical (unpaired) electrons. The second-order valence-electron chi connectivity index (χ2n) is 10.4. The van der Waals surface area contributed by atoms with Gasteiger partial charge in [-0.05, 0) is 42.7 Å². The number of hydrogen-bond donors (Lipinski definition) is 3. The molecular formula is C25H28F3N5O4. The van der Waals surface area contributed by atoms with Crippen LogP contribution in [0.1, 0.15) is 45.1 Å². The molecule has 4 amide bonds. The summed E-state index contributed by atoms with van der Waals surface area (Å²) in [5, 5.41) is 16.9. The number of hydrogen-bond acceptors (Lipinski definition) is 5. The van der Waals surface area contributed by atoms with Gasteiger partial charge in [0.1, 0.15) is 18.1 Å². The first-order chi connectivity index (χ1) is 17.4. The summed E-state index contributed by atoms with van der Waals surface area (Å²) in [6.07, 6.45) is -3.98. The molecular weight excluding hydrogens is 491 g/mol. The van der Waals surface area contributed by atoms with Crippen LogP contribution in [0.25, 0.3) is 0 Å². The Hall–Kier alpha value is -3.62. The molecule has 1 saturated carbocycles. The van der Waals surface area contributed by atoms with Crippen molar-refractivity contribution in [2.45, 2.75) is 69.2 Å². The van der Waals surface area contributed by atoms with Gasteiger partial charge in [0.2, 0.25) is 17.7 Å². The first-order valence-electron chi connectivity index (χ1n) is 12.2. The number of para-hydroxylation sites is 1. The van der Waals surface area contributed by atoms with Gasteiger partial charge in [-0.2, -0.15) is 18.4 Å². The first kappa shape index (κ1) is 26.4. The zero-order valence-corrected chi connectivity index (χ0v) is 20.4. The Morgan fingerprint density at radius 3 is 2.49 bits per heavy atom. The van der Waals surface area contributed by atoms with Gasteiger partial charge in [-0.15, -0.1) is 0 Å². The number of nitriles is 1. The number of likely N-dealkylation sites (tertiary alicyclic amines) is 1. The van der Waals surface area contributed by atoms with Crippen LogP contribution in [0.3, 0.4) is 0 Å². The number of carbonyl (C=O) groups excluding carboxylic acids is 4. The number of amides is 4. The average molecular weight is 520 g/mol. The van der Waals surface area contributed by atoms with Crippen molar-refractivity contribution in [2.24, 2.45) is 11.8 Å². The van der Waals surface area contributed by atoms with Gasteiger partial charge in [0.05, 0.1) is 11.5 Å². The molecule has 4 rings (SSSR count). The molecule has 198 valence electrons. The molecule has 0 bridgehead atoms. The van der Waals surface area contributed by atoms with Gasteiger partial charge in [-0.3, -0.25) is 19.2 Å². The maximum absolute atomic E-state index is 13.7. The second kappa shape index (κ2) is 9.68. The molecule has 3 N–H and O–H groups in total. The first-order valence-corrected chi connectivity index (χ1v) is 12.2. The Kier molecular flexibility index (Phi) is 6.92. The van der Waals surface area contributed by atoms with Gasteiger partial charge in [-0.25, -0.2) is 0 Å². The maximum atomic E-state index is 13.7. The van der Waals surface area contributed by atoms with E-state index in [2.05, 4.69) is 16.7 Å². The summed E-state index contributed by atoms with van der Waals surface area (Å²) in [4.78, 5) is 52.5. The highest BCUT2D eigenvalue weighted by atomic mass is 19.4. The van der Waals surface area contributed by atoms with E-state index < -0.39 is 53.4 Å². The van der Waals surface area contributed by atoms with Crippen molar-refractivity contribution in [1.29, 1.82) is 5.26 Å². The largest absolute Gasteiger partial charge is 0.471 e. The normalized spacial score (nSPS) is 24.3. The minimum Gasteiger partial charge on any atom is -0.342 e. The Labute approximate surface area is 211 Å². The van der Waals surface area contributed by atoms with E-state index in [1.54, 1.807) is 29.6 Å². The molecule has 0 aromatic heterocycles. The van der Waals surface area contributed by atoms with Crippen LogP contribution in [-0.4, -0.2) is 59.4 Å². The molecule has 1 aliphatic carbocycles. The van der Waals surface area contributed by atoms with Crippen LogP contribution < -0.4 is 16.0 Å². The fraction of sp³-hybridized carbons (Fsp3) is 0.560. The van der Waals surface area contributed by atoms with Crippen LogP contribution in [-0.2, 0) is 24.6 Å². The predicted molar refractivity (Wildman–Crippen MR) is 125 cm³/mol. The molecule has 4 atom stereocenters. The molecule has 1 aromatic rings. The van der Waals surface area contributed by atoms with Crippen LogP contribution in [0.15, 0.2) is 24.3 Å². The lowest BCUT2D eigenvalue weighted by atomic mass is 9.80. The quantitative estimate of drug-likeness (QED) is 0.507. The monoisotopic (exact) mass is 519 g/mol. The standard InChI is InChI=1S/C25H28F3N5O4/c1-13(2)9-18(30-20(34)19(14-7-8-14)32-23(37)25(26,27)28)21(35)33-12-24(10-15(33)11-29)16-5-3-4-6-17(16)31-22(24)36/h3-6,13-15,18-19H,7-10,12H2,1-2H3,(H,30,34)(H,31,36)(H,32,37)/t15-,18-,19-,24-/m0/s1. The van der Waals surface area contributed by atoms with Crippen molar-refractivity contribution in [3.8, 4) is 6.07 Å². The summed E-state index contributed by atoms with van der Waals surface area (Å²) >= 11 is 0. The van der Waals surface area contributed by atoms with E-state index in [1.807, 2.05) is 13.8 Å². The molecule has 9 nitrogen and oxygen atoms in total. The molecule has 1 spiro atoms. The van der Waals surface area contributed by atoms with Crippen molar-refractivity contribution in [3.05, 3.63) is 29.8 Å². The molecule has 1 aromatic carbocycles. The summed E-state index contributed by atoms with van der Waals surface area (Å²) in [5.74, 6) is -4.57. The van der Waals surface area contributed by atoms with Gasteiger partial charge in [0.15, 0.2) is 0 Å². The lowest BCUT2D eigenvalue weighted by Crippen LogP contribution is -2.57. The maximum Gasteiger partial charge on any atom is 0.471 e. The lowest BCUT2D eigenvalue weighted by molar-refractivity contribution is -0.175. The summed E-state index contributed by atoms with van der Waals surface area (Å²) in [7, 11) is 0. The molecule has 2 fully saturated rings. The average Bonchev–Trinajstić information content (AvgIpc) is 3.53. The third-order valence-electron chi connectivity index (χ3n) is 7.16. The highest BCUT2D eigenvalue weighted by Crippen LogP contribution is 2.46. The van der Waals surface area contributed by atoms with Crippen molar-refractivity contribution in [3.63, 3.8) is 0 Å². The van der Waals surface area contributed by atoms with Gasteiger partial charge in [0.25, 0.3) is 0 Å². The Morgan fingerprint density at radius 1 is 1.22 bits per heavy atom. The van der Waals surface area contributed by atoms with Crippen LogP contribution >= 0.6 is 0 Å². The van der Waals surface area contributed by atoms with E-state index in [0.717, 1.165) is 0 Å². The minimum absolute atomic E-state index is 0.0752. The van der Waals surface area contributed by atoms with Gasteiger partial charge >= 0.3 is 12.1 Å². The number of nitrogens with zero attached hydrogens (tertiary/aromatic N) is 2. The Bertz CT molecular complexity index is 1160. The van der Waals surface area contributed by atoms with E-state index in [1.165, 1.54) is 4.90 Å². The number of carbonyl (C=O) groups is 4.